The minimum atomic E-state index is -0.345. The Morgan fingerprint density at radius 1 is 1.07 bits per heavy atom. The van der Waals surface area contributed by atoms with E-state index in [2.05, 4.69) is 20.8 Å². The molecule has 1 atom stereocenters. The molecule has 0 bridgehead atoms. The van der Waals surface area contributed by atoms with E-state index in [4.69, 9.17) is 0 Å². The van der Waals surface area contributed by atoms with E-state index in [0.29, 0.717) is 5.16 Å². The second-order valence-electron chi connectivity index (χ2n) is 7.20. The molecule has 0 aliphatic heterocycles. The third kappa shape index (κ3) is 5.14. The molecule has 1 heterocycles. The Bertz CT molecular complexity index is 937. The predicted molar refractivity (Wildman–Crippen MR) is 114 cm³/mol. The van der Waals surface area contributed by atoms with Crippen molar-refractivity contribution < 1.29 is 4.79 Å². The number of aromatic nitrogens is 4. The summed E-state index contributed by atoms with van der Waals surface area (Å²) in [5, 5.41) is 15.2. The van der Waals surface area contributed by atoms with Gasteiger partial charge in [0.25, 0.3) is 0 Å². The number of rotatable bonds is 6. The highest BCUT2D eigenvalue weighted by molar-refractivity contribution is 8.00. The number of amides is 1. The first-order valence-corrected chi connectivity index (χ1v) is 10.6. The molecule has 0 saturated carbocycles. The van der Waals surface area contributed by atoms with Crippen LogP contribution in [0.1, 0.15) is 27.7 Å². The lowest BCUT2D eigenvalue weighted by atomic mass is 10.1. The number of anilines is 1. The van der Waals surface area contributed by atoms with Crippen molar-refractivity contribution in [3.63, 3.8) is 0 Å². The summed E-state index contributed by atoms with van der Waals surface area (Å²) in [5.74, 6) is -0.0884. The van der Waals surface area contributed by atoms with E-state index in [0.717, 1.165) is 15.5 Å². The molecule has 1 N–H and O–H groups in total. The molecule has 3 rings (SSSR count). The van der Waals surface area contributed by atoms with Crippen LogP contribution in [0.25, 0.3) is 0 Å². The molecule has 0 fully saturated rings. The van der Waals surface area contributed by atoms with Crippen LogP contribution < -0.4 is 5.32 Å². The van der Waals surface area contributed by atoms with Gasteiger partial charge in [0.15, 0.2) is 0 Å². The zero-order valence-corrected chi connectivity index (χ0v) is 17.9. The van der Waals surface area contributed by atoms with E-state index in [1.54, 1.807) is 16.4 Å². The summed E-state index contributed by atoms with van der Waals surface area (Å²) in [5.41, 5.74) is 0.547. The first kappa shape index (κ1) is 20.4. The number of carbonyl (C=O) groups is 1. The average Bonchev–Trinajstić information content (AvgIpc) is 3.13. The molecule has 1 aromatic heterocycles. The molecule has 1 unspecified atom stereocenters. The van der Waals surface area contributed by atoms with Crippen LogP contribution in [0.5, 0.6) is 0 Å². The summed E-state index contributed by atoms with van der Waals surface area (Å²) in [6.45, 7) is 7.92. The molecular formula is C20H23N5OS2. The lowest BCUT2D eigenvalue weighted by Crippen LogP contribution is -2.27. The second kappa shape index (κ2) is 8.79. The number of nitrogens with zero attached hydrogens (tertiary/aromatic N) is 4. The number of benzene rings is 2. The Morgan fingerprint density at radius 2 is 1.75 bits per heavy atom. The van der Waals surface area contributed by atoms with Gasteiger partial charge in [-0.25, -0.2) is 4.68 Å². The molecule has 0 radical (unpaired) electrons. The van der Waals surface area contributed by atoms with Crippen molar-refractivity contribution in [2.75, 3.05) is 5.32 Å². The fourth-order valence-corrected chi connectivity index (χ4v) is 4.29. The number of hydrogen-bond acceptors (Lipinski definition) is 6. The molecule has 0 spiro atoms. The summed E-state index contributed by atoms with van der Waals surface area (Å²) < 4.78 is 1.74. The van der Waals surface area contributed by atoms with E-state index in [9.17, 15) is 4.79 Å². The monoisotopic (exact) mass is 413 g/mol. The van der Waals surface area contributed by atoms with Crippen LogP contribution in [0, 0.1) is 0 Å². The minimum Gasteiger partial charge on any atom is -0.324 e. The number of hydrogen-bond donors (Lipinski definition) is 1. The molecule has 1 amide bonds. The smallest absolute Gasteiger partial charge is 0.237 e. The van der Waals surface area contributed by atoms with Gasteiger partial charge in [-0.1, -0.05) is 53.9 Å². The quantitative estimate of drug-likeness (QED) is 0.591. The van der Waals surface area contributed by atoms with Gasteiger partial charge in [-0.15, -0.1) is 5.10 Å². The van der Waals surface area contributed by atoms with Crippen molar-refractivity contribution in [1.29, 1.82) is 0 Å². The molecule has 0 saturated heterocycles. The number of nitrogens with one attached hydrogen (secondary N) is 1. The van der Waals surface area contributed by atoms with Crippen LogP contribution in [0.3, 0.4) is 0 Å². The van der Waals surface area contributed by atoms with Crippen molar-refractivity contribution in [1.82, 2.24) is 20.2 Å². The van der Waals surface area contributed by atoms with Crippen LogP contribution in [0.15, 0.2) is 69.5 Å². The molecule has 2 aromatic carbocycles. The highest BCUT2D eigenvalue weighted by atomic mass is 32.2. The van der Waals surface area contributed by atoms with E-state index >= 15 is 0 Å². The first-order valence-electron chi connectivity index (χ1n) is 8.93. The Labute approximate surface area is 173 Å². The number of carbonyl (C=O) groups excluding carboxylic acids is 1. The maximum absolute atomic E-state index is 12.8. The van der Waals surface area contributed by atoms with Crippen LogP contribution in [-0.4, -0.2) is 31.4 Å². The van der Waals surface area contributed by atoms with E-state index < -0.39 is 0 Å². The van der Waals surface area contributed by atoms with E-state index in [1.807, 2.05) is 82.3 Å². The predicted octanol–water partition coefficient (Wildman–Crippen LogP) is 4.70. The van der Waals surface area contributed by atoms with Gasteiger partial charge in [-0.3, -0.25) is 4.79 Å². The maximum atomic E-state index is 12.8. The Morgan fingerprint density at radius 3 is 2.46 bits per heavy atom. The molecule has 28 heavy (non-hydrogen) atoms. The van der Waals surface area contributed by atoms with Crippen LogP contribution >= 0.6 is 23.5 Å². The van der Waals surface area contributed by atoms with Crippen molar-refractivity contribution in [2.45, 2.75) is 53.4 Å². The highest BCUT2D eigenvalue weighted by Gasteiger charge is 2.24. The molecule has 8 heteroatoms. The molecular weight excluding hydrogens is 390 g/mol. The zero-order chi connectivity index (χ0) is 20.1. The molecule has 146 valence electrons. The summed E-state index contributed by atoms with van der Waals surface area (Å²) in [6, 6.07) is 17.9. The fourth-order valence-electron chi connectivity index (χ4n) is 2.39. The highest BCUT2D eigenvalue weighted by Crippen LogP contribution is 2.34. The zero-order valence-electron chi connectivity index (χ0n) is 16.3. The lowest BCUT2D eigenvalue weighted by molar-refractivity contribution is -0.115. The molecule has 6 nitrogen and oxygen atoms in total. The number of tetrazole rings is 1. The van der Waals surface area contributed by atoms with Gasteiger partial charge in [0.2, 0.25) is 11.1 Å². The average molecular weight is 414 g/mol. The molecule has 3 aromatic rings. The van der Waals surface area contributed by atoms with Gasteiger partial charge in [-0.05, 0) is 62.4 Å². The van der Waals surface area contributed by atoms with Crippen LogP contribution in [-0.2, 0) is 10.3 Å². The maximum Gasteiger partial charge on any atom is 0.237 e. The van der Waals surface area contributed by atoms with Gasteiger partial charge in [0.1, 0.15) is 0 Å². The minimum absolute atomic E-state index is 0.0884. The number of thioether (sulfide) groups is 1. The summed E-state index contributed by atoms with van der Waals surface area (Å²) in [7, 11) is 0. The van der Waals surface area contributed by atoms with Crippen molar-refractivity contribution in [2.24, 2.45) is 0 Å². The van der Waals surface area contributed by atoms with Crippen molar-refractivity contribution in [3.05, 3.63) is 54.6 Å². The van der Waals surface area contributed by atoms with E-state index in [1.165, 1.54) is 11.8 Å². The fraction of sp³-hybridized carbons (Fsp3) is 0.300. The topological polar surface area (TPSA) is 72.7 Å². The summed E-state index contributed by atoms with van der Waals surface area (Å²) in [6.07, 6.45) is 0. The Hall–Kier alpha value is -2.32. The van der Waals surface area contributed by atoms with Crippen molar-refractivity contribution >= 4 is 35.1 Å². The van der Waals surface area contributed by atoms with E-state index in [-0.39, 0.29) is 16.7 Å². The van der Waals surface area contributed by atoms with Gasteiger partial charge in [0, 0.05) is 9.79 Å². The largest absolute Gasteiger partial charge is 0.324 e. The third-order valence-electron chi connectivity index (χ3n) is 3.84. The molecule has 0 aliphatic rings. The van der Waals surface area contributed by atoms with Crippen LogP contribution in [0.2, 0.25) is 0 Å². The van der Waals surface area contributed by atoms with Crippen LogP contribution in [0.4, 0.5) is 5.69 Å². The van der Waals surface area contributed by atoms with Gasteiger partial charge in [0.05, 0.1) is 16.5 Å². The van der Waals surface area contributed by atoms with Gasteiger partial charge >= 0.3 is 0 Å². The third-order valence-corrected chi connectivity index (χ3v) is 5.96. The van der Waals surface area contributed by atoms with Gasteiger partial charge < -0.3 is 5.32 Å². The first-order chi connectivity index (χ1) is 13.3. The molecule has 0 aliphatic carbocycles. The lowest BCUT2D eigenvalue weighted by Gasteiger charge is -2.20. The normalized spacial score (nSPS) is 12.6. The summed E-state index contributed by atoms with van der Waals surface area (Å²) in [4.78, 5) is 14.9. The standard InChI is InChI=1S/C20H23N5OS2/c1-14(27-19-22-23-24-25(19)20(2,3)4)18(26)21-16-12-8-9-13-17(16)28-15-10-6-5-7-11-15/h5-14H,1-4H3,(H,21,26). The SMILES string of the molecule is CC(Sc1nnnn1C(C)(C)C)C(=O)Nc1ccccc1Sc1ccccc1. The summed E-state index contributed by atoms with van der Waals surface area (Å²) >= 11 is 2.97. The van der Waals surface area contributed by atoms with Crippen molar-refractivity contribution in [3.8, 4) is 0 Å². The Kier molecular flexibility index (Phi) is 6.41. The van der Waals surface area contributed by atoms with Gasteiger partial charge in [-0.2, -0.15) is 0 Å². The Balaban J connectivity index is 1.71. The number of para-hydroxylation sites is 1. The second-order valence-corrected chi connectivity index (χ2v) is 9.63.